The molecule has 0 fully saturated rings. The topological polar surface area (TPSA) is 74.8 Å². The highest BCUT2D eigenvalue weighted by atomic mass is 32.1. The van der Waals surface area contributed by atoms with E-state index in [1.807, 2.05) is 51.1 Å². The van der Waals surface area contributed by atoms with Gasteiger partial charge in [-0.15, -0.1) is 11.3 Å². The zero-order valence-electron chi connectivity index (χ0n) is 14.3. The van der Waals surface area contributed by atoms with Crippen molar-refractivity contribution in [3.8, 4) is 11.4 Å². The summed E-state index contributed by atoms with van der Waals surface area (Å²) in [5.41, 5.74) is 2.66. The molecule has 1 aromatic carbocycles. The van der Waals surface area contributed by atoms with E-state index in [0.29, 0.717) is 23.5 Å². The zero-order chi connectivity index (χ0) is 18.0. The van der Waals surface area contributed by atoms with Gasteiger partial charge in [0.1, 0.15) is 5.82 Å². The number of aryl methyl sites for hydroxylation is 3. The van der Waals surface area contributed by atoms with Crippen LogP contribution in [0.5, 0.6) is 0 Å². The molecule has 0 saturated carbocycles. The van der Waals surface area contributed by atoms with E-state index in [1.54, 1.807) is 11.3 Å². The van der Waals surface area contributed by atoms with Crippen LogP contribution in [-0.4, -0.2) is 15.9 Å². The molecule has 0 bridgehead atoms. The Morgan fingerprint density at radius 2 is 2.04 bits per heavy atom. The zero-order valence-corrected chi connectivity index (χ0v) is 15.2. The number of nitrogens with one attached hydrogen (secondary N) is 2. The lowest BCUT2D eigenvalue weighted by atomic mass is 10.1. The number of nitrogens with zero attached hydrogens (tertiary/aromatic N) is 1. The van der Waals surface area contributed by atoms with E-state index in [9.17, 15) is 9.59 Å². The second kappa shape index (κ2) is 7.03. The minimum Gasteiger partial charge on any atom is -0.322 e. The van der Waals surface area contributed by atoms with Crippen molar-refractivity contribution in [2.75, 3.05) is 5.32 Å². The summed E-state index contributed by atoms with van der Waals surface area (Å²) < 4.78 is 0. The van der Waals surface area contributed by atoms with Gasteiger partial charge in [0, 0.05) is 32.8 Å². The number of thiophene rings is 1. The van der Waals surface area contributed by atoms with Gasteiger partial charge in [-0.05, 0) is 38.5 Å². The van der Waals surface area contributed by atoms with Crippen molar-refractivity contribution in [1.29, 1.82) is 0 Å². The lowest BCUT2D eigenvalue weighted by Gasteiger charge is -2.08. The first-order valence-corrected chi connectivity index (χ1v) is 8.87. The van der Waals surface area contributed by atoms with Gasteiger partial charge >= 0.3 is 0 Å². The van der Waals surface area contributed by atoms with Crippen LogP contribution in [0.2, 0.25) is 0 Å². The number of rotatable bonds is 4. The molecule has 0 spiro atoms. The van der Waals surface area contributed by atoms with Gasteiger partial charge in [-0.3, -0.25) is 9.59 Å². The first-order chi connectivity index (χ1) is 12.0. The lowest BCUT2D eigenvalue weighted by molar-refractivity contribution is 0.102. The van der Waals surface area contributed by atoms with Gasteiger partial charge < -0.3 is 10.3 Å². The molecule has 6 heteroatoms. The van der Waals surface area contributed by atoms with Gasteiger partial charge in [0.2, 0.25) is 0 Å². The van der Waals surface area contributed by atoms with Gasteiger partial charge in [-0.1, -0.05) is 19.1 Å². The normalized spacial score (nSPS) is 10.7. The van der Waals surface area contributed by atoms with Crippen LogP contribution in [0.25, 0.3) is 11.4 Å². The predicted molar refractivity (Wildman–Crippen MR) is 101 cm³/mol. The van der Waals surface area contributed by atoms with E-state index >= 15 is 0 Å². The van der Waals surface area contributed by atoms with E-state index in [0.717, 1.165) is 21.0 Å². The smallest absolute Gasteiger partial charge is 0.256 e. The molecule has 25 heavy (non-hydrogen) atoms. The van der Waals surface area contributed by atoms with Crippen LogP contribution in [0.15, 0.2) is 41.2 Å². The summed E-state index contributed by atoms with van der Waals surface area (Å²) in [6.07, 6.45) is 0.685. The van der Waals surface area contributed by atoms with Crippen molar-refractivity contribution < 1.29 is 4.79 Å². The van der Waals surface area contributed by atoms with Crippen LogP contribution >= 0.6 is 11.3 Å². The maximum absolute atomic E-state index is 12.5. The number of anilines is 1. The number of hydrogen-bond acceptors (Lipinski definition) is 4. The molecule has 0 saturated heterocycles. The van der Waals surface area contributed by atoms with Gasteiger partial charge in [0.05, 0.1) is 5.56 Å². The van der Waals surface area contributed by atoms with Gasteiger partial charge in [-0.2, -0.15) is 0 Å². The van der Waals surface area contributed by atoms with E-state index in [-0.39, 0.29) is 11.5 Å². The van der Waals surface area contributed by atoms with Crippen LogP contribution in [0.3, 0.4) is 0 Å². The molecule has 0 aliphatic rings. The molecule has 0 radical (unpaired) electrons. The number of aromatic nitrogens is 2. The van der Waals surface area contributed by atoms with Crippen LogP contribution < -0.4 is 10.9 Å². The Morgan fingerprint density at radius 3 is 2.72 bits per heavy atom. The molecular weight excluding hydrogens is 334 g/mol. The Kier molecular flexibility index (Phi) is 4.81. The molecule has 1 amide bonds. The van der Waals surface area contributed by atoms with Gasteiger partial charge in [-0.25, -0.2) is 4.98 Å². The summed E-state index contributed by atoms with van der Waals surface area (Å²) >= 11 is 1.60. The number of aromatic amines is 1. The van der Waals surface area contributed by atoms with E-state index in [1.165, 1.54) is 6.07 Å². The van der Waals surface area contributed by atoms with Crippen molar-refractivity contribution in [3.63, 3.8) is 0 Å². The Bertz CT molecular complexity index is 988. The lowest BCUT2D eigenvalue weighted by Crippen LogP contribution is -2.12. The maximum atomic E-state index is 12.5. The maximum Gasteiger partial charge on any atom is 0.256 e. The minimum absolute atomic E-state index is 0.136. The summed E-state index contributed by atoms with van der Waals surface area (Å²) in [5, 5.41) is 2.91. The molecule has 2 N–H and O–H groups in total. The predicted octanol–water partition coefficient (Wildman–Crippen LogP) is 3.93. The quantitative estimate of drug-likeness (QED) is 0.746. The highest BCUT2D eigenvalue weighted by Gasteiger charge is 2.13. The summed E-state index contributed by atoms with van der Waals surface area (Å²) in [4.78, 5) is 33.5. The Hall–Kier alpha value is -2.73. The second-order valence-corrected chi connectivity index (χ2v) is 7.26. The molecule has 2 aromatic heterocycles. The number of hydrogen-bond donors (Lipinski definition) is 2. The summed E-state index contributed by atoms with van der Waals surface area (Å²) in [6, 6.07) is 10.7. The van der Waals surface area contributed by atoms with Crippen molar-refractivity contribution >= 4 is 22.9 Å². The van der Waals surface area contributed by atoms with Crippen molar-refractivity contribution in [2.24, 2.45) is 0 Å². The van der Waals surface area contributed by atoms with Gasteiger partial charge in [0.25, 0.3) is 11.5 Å². The van der Waals surface area contributed by atoms with E-state index < -0.39 is 0 Å². The fourth-order valence-corrected chi connectivity index (χ4v) is 3.55. The highest BCUT2D eigenvalue weighted by molar-refractivity contribution is 7.12. The highest BCUT2D eigenvalue weighted by Crippen LogP contribution is 2.23. The van der Waals surface area contributed by atoms with Crippen LogP contribution in [0, 0.1) is 13.8 Å². The summed E-state index contributed by atoms with van der Waals surface area (Å²) in [5.74, 6) is 0.366. The van der Waals surface area contributed by atoms with Crippen molar-refractivity contribution in [3.05, 3.63) is 67.8 Å². The Balaban J connectivity index is 1.89. The fourth-order valence-electron chi connectivity index (χ4n) is 2.62. The fraction of sp³-hybridized carbons (Fsp3) is 0.211. The average Bonchev–Trinajstić information content (AvgIpc) is 2.93. The number of carbonyl (C=O) groups is 1. The third kappa shape index (κ3) is 3.85. The second-order valence-electron chi connectivity index (χ2n) is 5.80. The number of carbonyl (C=O) groups excluding carboxylic acids is 1. The summed E-state index contributed by atoms with van der Waals surface area (Å²) in [6.45, 7) is 5.87. The monoisotopic (exact) mass is 353 g/mol. The van der Waals surface area contributed by atoms with Crippen molar-refractivity contribution in [2.45, 2.75) is 27.2 Å². The largest absolute Gasteiger partial charge is 0.322 e. The van der Waals surface area contributed by atoms with Crippen LogP contribution in [0.1, 0.15) is 32.7 Å². The molecule has 2 heterocycles. The molecule has 128 valence electrons. The first-order valence-electron chi connectivity index (χ1n) is 8.05. The Labute approximate surface area is 149 Å². The molecule has 0 aliphatic carbocycles. The van der Waals surface area contributed by atoms with E-state index in [2.05, 4.69) is 15.3 Å². The average molecular weight is 353 g/mol. The third-order valence-corrected chi connectivity index (χ3v) is 4.80. The first kappa shape index (κ1) is 17.1. The number of benzene rings is 1. The molecule has 0 atom stereocenters. The minimum atomic E-state index is -0.180. The number of H-pyrrole nitrogens is 1. The van der Waals surface area contributed by atoms with Gasteiger partial charge in [0.15, 0.2) is 0 Å². The summed E-state index contributed by atoms with van der Waals surface area (Å²) in [7, 11) is 0. The standard InChI is InChI=1S/C19H19N3O2S/c1-4-14-10-17(23)22-18(20-14)13-6-5-7-15(9-13)21-19(24)16-8-11(2)25-12(16)3/h5-10H,4H2,1-3H3,(H,21,24)(H,20,22,23). The molecule has 3 rings (SSSR count). The van der Waals surface area contributed by atoms with Crippen LogP contribution in [-0.2, 0) is 6.42 Å². The van der Waals surface area contributed by atoms with E-state index in [4.69, 9.17) is 0 Å². The molecule has 0 unspecified atom stereocenters. The molecular formula is C19H19N3O2S. The SMILES string of the molecule is CCc1cc(=O)[nH]c(-c2cccc(NC(=O)c3cc(C)sc3C)c2)n1. The molecule has 3 aromatic rings. The molecule has 5 nitrogen and oxygen atoms in total. The molecule has 0 aliphatic heterocycles. The number of amides is 1. The van der Waals surface area contributed by atoms with Crippen LogP contribution in [0.4, 0.5) is 5.69 Å². The third-order valence-electron chi connectivity index (χ3n) is 3.84. The van der Waals surface area contributed by atoms with Crippen molar-refractivity contribution in [1.82, 2.24) is 9.97 Å². The Morgan fingerprint density at radius 1 is 1.24 bits per heavy atom.